The number of morpholine rings is 1. The van der Waals surface area contributed by atoms with Gasteiger partial charge in [-0.1, -0.05) is 13.8 Å². The molecule has 2 aliphatic rings. The van der Waals surface area contributed by atoms with Gasteiger partial charge in [0.25, 0.3) is 5.91 Å². The lowest BCUT2D eigenvalue weighted by molar-refractivity contribution is 0.00673. The van der Waals surface area contributed by atoms with E-state index in [4.69, 9.17) is 4.74 Å². The van der Waals surface area contributed by atoms with Crippen molar-refractivity contribution in [2.24, 2.45) is 5.92 Å². The number of carbonyl (C=O) groups is 1. The molecule has 0 spiro atoms. The number of anilines is 1. The molecule has 1 amide bonds. The second-order valence-electron chi connectivity index (χ2n) is 8.83. The van der Waals surface area contributed by atoms with Crippen molar-refractivity contribution >= 4 is 11.6 Å². The molecule has 1 aromatic carbocycles. The van der Waals surface area contributed by atoms with Crippen LogP contribution in [-0.2, 0) is 4.74 Å². The zero-order valence-corrected chi connectivity index (χ0v) is 18.6. The summed E-state index contributed by atoms with van der Waals surface area (Å²) in [5, 5.41) is 3.15. The van der Waals surface area contributed by atoms with Gasteiger partial charge in [0.05, 0.1) is 13.2 Å². The van der Waals surface area contributed by atoms with Gasteiger partial charge < -0.3 is 15.0 Å². The fourth-order valence-corrected chi connectivity index (χ4v) is 4.32. The SMILES string of the molecule is CC(C)C(CNC(=O)c1ccc(N2CCN(C(C)C)CC2)cc1)N1CCOCC1. The van der Waals surface area contributed by atoms with Crippen LogP contribution in [0, 0.1) is 5.92 Å². The van der Waals surface area contributed by atoms with Gasteiger partial charge in [-0.05, 0) is 44.0 Å². The maximum absolute atomic E-state index is 12.7. The Hall–Kier alpha value is -1.63. The summed E-state index contributed by atoms with van der Waals surface area (Å²) in [4.78, 5) is 20.0. The van der Waals surface area contributed by atoms with Gasteiger partial charge in [-0.15, -0.1) is 0 Å². The van der Waals surface area contributed by atoms with E-state index in [0.29, 0.717) is 24.5 Å². The first-order valence-corrected chi connectivity index (χ1v) is 11.1. The molecular formula is C23H38N4O2. The minimum atomic E-state index is 0.0140. The van der Waals surface area contributed by atoms with E-state index in [0.717, 1.165) is 58.0 Å². The van der Waals surface area contributed by atoms with Crippen molar-refractivity contribution in [2.45, 2.75) is 39.8 Å². The second-order valence-corrected chi connectivity index (χ2v) is 8.83. The first-order valence-electron chi connectivity index (χ1n) is 11.1. The third-order valence-corrected chi connectivity index (χ3v) is 6.30. The molecule has 6 nitrogen and oxygen atoms in total. The van der Waals surface area contributed by atoms with E-state index in [2.05, 4.69) is 59.8 Å². The maximum atomic E-state index is 12.7. The van der Waals surface area contributed by atoms with Crippen molar-refractivity contribution in [3.8, 4) is 0 Å². The largest absolute Gasteiger partial charge is 0.379 e. The molecule has 2 fully saturated rings. The van der Waals surface area contributed by atoms with Crippen LogP contribution in [0.5, 0.6) is 0 Å². The molecule has 2 heterocycles. The molecule has 0 bridgehead atoms. The van der Waals surface area contributed by atoms with Crippen LogP contribution in [0.2, 0.25) is 0 Å². The molecular weight excluding hydrogens is 364 g/mol. The normalized spacial score (nSPS) is 20.3. The Labute approximate surface area is 176 Å². The maximum Gasteiger partial charge on any atom is 0.251 e. The second kappa shape index (κ2) is 10.4. The number of hydrogen-bond acceptors (Lipinski definition) is 5. The number of hydrogen-bond donors (Lipinski definition) is 1. The molecule has 1 atom stereocenters. The molecule has 1 unspecified atom stereocenters. The summed E-state index contributed by atoms with van der Waals surface area (Å²) in [5.41, 5.74) is 1.94. The van der Waals surface area contributed by atoms with Crippen LogP contribution in [0.3, 0.4) is 0 Å². The summed E-state index contributed by atoms with van der Waals surface area (Å²) >= 11 is 0. The number of nitrogens with zero attached hydrogens (tertiary/aromatic N) is 3. The standard InChI is InChI=1S/C23H38N4O2/c1-18(2)22(27-13-15-29-16-14-27)17-24-23(28)20-5-7-21(8-6-20)26-11-9-25(10-12-26)19(3)4/h5-8,18-19,22H,9-17H2,1-4H3,(H,24,28). The molecule has 162 valence electrons. The van der Waals surface area contributed by atoms with Crippen molar-refractivity contribution in [2.75, 3.05) is 63.9 Å². The van der Waals surface area contributed by atoms with Crippen LogP contribution in [0.1, 0.15) is 38.1 Å². The number of piperazine rings is 1. The number of nitrogens with one attached hydrogen (secondary N) is 1. The Morgan fingerprint density at radius 1 is 0.931 bits per heavy atom. The van der Waals surface area contributed by atoms with Crippen molar-refractivity contribution in [1.29, 1.82) is 0 Å². The van der Waals surface area contributed by atoms with Crippen LogP contribution >= 0.6 is 0 Å². The van der Waals surface area contributed by atoms with Crippen molar-refractivity contribution in [3.63, 3.8) is 0 Å². The molecule has 3 rings (SSSR count). The van der Waals surface area contributed by atoms with Gasteiger partial charge >= 0.3 is 0 Å². The summed E-state index contributed by atoms with van der Waals surface area (Å²) in [6.07, 6.45) is 0. The van der Waals surface area contributed by atoms with E-state index in [1.165, 1.54) is 5.69 Å². The highest BCUT2D eigenvalue weighted by Gasteiger charge is 2.24. The minimum absolute atomic E-state index is 0.0140. The molecule has 2 saturated heterocycles. The first-order chi connectivity index (χ1) is 14.0. The van der Waals surface area contributed by atoms with Crippen LogP contribution in [0.15, 0.2) is 24.3 Å². The number of ether oxygens (including phenoxy) is 1. The summed E-state index contributed by atoms with van der Waals surface area (Å²) in [6.45, 7) is 17.4. The van der Waals surface area contributed by atoms with Crippen LogP contribution < -0.4 is 10.2 Å². The molecule has 2 aliphatic heterocycles. The summed E-state index contributed by atoms with van der Waals surface area (Å²) in [5.74, 6) is 0.500. The Morgan fingerprint density at radius 2 is 1.55 bits per heavy atom. The number of amides is 1. The topological polar surface area (TPSA) is 48.1 Å². The summed E-state index contributed by atoms with van der Waals surface area (Å²) in [6, 6.07) is 9.04. The molecule has 1 N–H and O–H groups in total. The molecule has 0 radical (unpaired) electrons. The van der Waals surface area contributed by atoms with Gasteiger partial charge in [0.2, 0.25) is 0 Å². The van der Waals surface area contributed by atoms with E-state index in [9.17, 15) is 4.79 Å². The molecule has 1 aromatic rings. The lowest BCUT2D eigenvalue weighted by Crippen LogP contribution is -2.51. The minimum Gasteiger partial charge on any atom is -0.379 e. The lowest BCUT2D eigenvalue weighted by Gasteiger charge is -2.38. The lowest BCUT2D eigenvalue weighted by atomic mass is 10.0. The molecule has 29 heavy (non-hydrogen) atoms. The highest BCUT2D eigenvalue weighted by molar-refractivity contribution is 5.94. The zero-order chi connectivity index (χ0) is 20.8. The molecule has 0 saturated carbocycles. The number of carbonyl (C=O) groups excluding carboxylic acids is 1. The van der Waals surface area contributed by atoms with Crippen LogP contribution in [0.25, 0.3) is 0 Å². The Morgan fingerprint density at radius 3 is 2.10 bits per heavy atom. The molecule has 6 heteroatoms. The van der Waals surface area contributed by atoms with E-state index in [-0.39, 0.29) is 5.91 Å². The Bertz CT molecular complexity index is 633. The van der Waals surface area contributed by atoms with E-state index in [1.807, 2.05) is 12.1 Å². The average molecular weight is 403 g/mol. The van der Waals surface area contributed by atoms with Crippen LogP contribution in [0.4, 0.5) is 5.69 Å². The van der Waals surface area contributed by atoms with E-state index >= 15 is 0 Å². The van der Waals surface area contributed by atoms with Crippen molar-refractivity contribution in [1.82, 2.24) is 15.1 Å². The fraction of sp³-hybridized carbons (Fsp3) is 0.696. The monoisotopic (exact) mass is 402 g/mol. The highest BCUT2D eigenvalue weighted by atomic mass is 16.5. The molecule has 0 aromatic heterocycles. The van der Waals surface area contributed by atoms with E-state index in [1.54, 1.807) is 0 Å². The predicted molar refractivity (Wildman–Crippen MR) is 119 cm³/mol. The Kier molecular flexibility index (Phi) is 7.92. The van der Waals surface area contributed by atoms with Crippen molar-refractivity contribution < 1.29 is 9.53 Å². The third kappa shape index (κ3) is 5.93. The fourth-order valence-electron chi connectivity index (χ4n) is 4.32. The van der Waals surface area contributed by atoms with E-state index < -0.39 is 0 Å². The zero-order valence-electron chi connectivity index (χ0n) is 18.6. The molecule has 0 aliphatic carbocycles. The predicted octanol–water partition coefficient (Wildman–Crippen LogP) is 2.30. The smallest absolute Gasteiger partial charge is 0.251 e. The highest BCUT2D eigenvalue weighted by Crippen LogP contribution is 2.18. The van der Waals surface area contributed by atoms with Crippen molar-refractivity contribution in [3.05, 3.63) is 29.8 Å². The summed E-state index contributed by atoms with van der Waals surface area (Å²) in [7, 11) is 0. The van der Waals surface area contributed by atoms with Gasteiger partial charge in [-0.2, -0.15) is 0 Å². The van der Waals surface area contributed by atoms with Crippen LogP contribution in [-0.4, -0.2) is 86.8 Å². The summed E-state index contributed by atoms with van der Waals surface area (Å²) < 4.78 is 5.47. The third-order valence-electron chi connectivity index (χ3n) is 6.30. The number of benzene rings is 1. The number of rotatable bonds is 7. The quantitative estimate of drug-likeness (QED) is 0.758. The van der Waals surface area contributed by atoms with Gasteiger partial charge in [0.1, 0.15) is 0 Å². The van der Waals surface area contributed by atoms with Gasteiger partial charge in [0, 0.05) is 69.1 Å². The van der Waals surface area contributed by atoms with Gasteiger partial charge in [-0.25, -0.2) is 0 Å². The Balaban J connectivity index is 1.52. The van der Waals surface area contributed by atoms with Gasteiger partial charge in [0.15, 0.2) is 0 Å². The van der Waals surface area contributed by atoms with Gasteiger partial charge in [-0.3, -0.25) is 14.6 Å². The average Bonchev–Trinajstić information content (AvgIpc) is 2.74. The first kappa shape index (κ1) is 22.1.